The summed E-state index contributed by atoms with van der Waals surface area (Å²) >= 11 is 3.04. The van der Waals surface area contributed by atoms with Crippen LogP contribution in [0.15, 0.2) is 42.5 Å². The van der Waals surface area contributed by atoms with E-state index in [0.29, 0.717) is 27.8 Å². The fourth-order valence-electron chi connectivity index (χ4n) is 2.27. The summed E-state index contributed by atoms with van der Waals surface area (Å²) in [6.45, 7) is 0. The predicted molar refractivity (Wildman–Crippen MR) is 73.6 cm³/mol. The van der Waals surface area contributed by atoms with E-state index in [1.807, 2.05) is 0 Å². The van der Waals surface area contributed by atoms with Crippen LogP contribution in [0.4, 0.5) is 0 Å². The van der Waals surface area contributed by atoms with Crippen molar-refractivity contribution in [3.05, 3.63) is 70.3 Å². The van der Waals surface area contributed by atoms with E-state index < -0.39 is 5.01 Å². The van der Waals surface area contributed by atoms with Crippen LogP contribution in [0, 0.1) is 0 Å². The van der Waals surface area contributed by atoms with E-state index in [9.17, 15) is 14.7 Å². The Bertz CT molecular complexity index is 704. The Hall–Kier alpha value is -1.78. The lowest BCUT2D eigenvalue weighted by molar-refractivity contribution is 0.0979. The monoisotopic (exact) mass is 316 g/mol. The fourth-order valence-corrected chi connectivity index (χ4v) is 2.55. The first kappa shape index (κ1) is 12.3. The number of hydrogen-bond acceptors (Lipinski definition) is 3. The number of rotatable bonds is 1. The molecule has 3 nitrogen and oxygen atoms in total. The molecule has 1 aliphatic rings. The zero-order valence-corrected chi connectivity index (χ0v) is 11.3. The molecule has 4 heteroatoms. The molecule has 0 heterocycles. The molecular weight excluding hydrogens is 308 g/mol. The minimum atomic E-state index is -0.849. The highest BCUT2D eigenvalue weighted by molar-refractivity contribution is 9.09. The molecule has 0 spiro atoms. The van der Waals surface area contributed by atoms with E-state index in [-0.39, 0.29) is 11.6 Å². The third-order valence-electron chi connectivity index (χ3n) is 3.22. The van der Waals surface area contributed by atoms with Crippen molar-refractivity contribution in [2.24, 2.45) is 0 Å². The summed E-state index contributed by atoms with van der Waals surface area (Å²) in [5.74, 6) is -0.332. The third kappa shape index (κ3) is 1.84. The molecule has 1 N–H and O–H groups in total. The molecule has 0 fully saturated rings. The Morgan fingerprint density at radius 1 is 0.842 bits per heavy atom. The summed E-state index contributed by atoms with van der Waals surface area (Å²) in [7, 11) is 0. The average molecular weight is 317 g/mol. The van der Waals surface area contributed by atoms with Gasteiger partial charge < -0.3 is 5.11 Å². The van der Waals surface area contributed by atoms with E-state index in [0.717, 1.165) is 0 Å². The van der Waals surface area contributed by atoms with Crippen molar-refractivity contribution in [1.29, 1.82) is 0 Å². The topological polar surface area (TPSA) is 54.4 Å². The summed E-state index contributed by atoms with van der Waals surface area (Å²) in [6.07, 6.45) is 0. The number of carbonyl (C=O) groups is 2. The van der Waals surface area contributed by atoms with Crippen LogP contribution in [-0.4, -0.2) is 16.7 Å². The Balaban J connectivity index is 2.24. The number of benzene rings is 2. The number of halogens is 1. The number of hydrogen-bond donors (Lipinski definition) is 1. The van der Waals surface area contributed by atoms with Crippen molar-refractivity contribution in [1.82, 2.24) is 0 Å². The summed E-state index contributed by atoms with van der Waals surface area (Å²) < 4.78 is 0. The minimum absolute atomic E-state index is 0.152. The lowest BCUT2D eigenvalue weighted by atomic mass is 9.83. The second kappa shape index (κ2) is 4.40. The highest BCUT2D eigenvalue weighted by Crippen LogP contribution is 2.30. The van der Waals surface area contributed by atoms with Crippen LogP contribution in [-0.2, 0) is 0 Å². The van der Waals surface area contributed by atoms with Crippen LogP contribution in [0.3, 0.4) is 0 Å². The van der Waals surface area contributed by atoms with Crippen molar-refractivity contribution in [3.8, 4) is 0 Å². The molecule has 0 amide bonds. The van der Waals surface area contributed by atoms with E-state index in [2.05, 4.69) is 15.9 Å². The quantitative estimate of drug-likeness (QED) is 0.702. The van der Waals surface area contributed by atoms with Gasteiger partial charge in [0.2, 0.25) is 0 Å². The van der Waals surface area contributed by atoms with Gasteiger partial charge in [0.05, 0.1) is 0 Å². The Morgan fingerprint density at radius 2 is 1.37 bits per heavy atom. The van der Waals surface area contributed by atoms with Crippen LogP contribution in [0.5, 0.6) is 0 Å². The molecule has 0 bridgehead atoms. The molecule has 0 radical (unpaired) electrons. The van der Waals surface area contributed by atoms with Gasteiger partial charge in [0.25, 0.3) is 0 Å². The maximum Gasteiger partial charge on any atom is 0.194 e. The van der Waals surface area contributed by atoms with Gasteiger partial charge in [0.1, 0.15) is 5.01 Å². The van der Waals surface area contributed by atoms with Crippen LogP contribution in [0.2, 0.25) is 0 Å². The standard InChI is InChI=1S/C15H9BrO3/c16-15(19)8-5-6-11-12(7-8)14(18)10-4-2-1-3-9(10)13(11)17/h1-7,15,19H. The van der Waals surface area contributed by atoms with Crippen molar-refractivity contribution in [2.45, 2.75) is 5.01 Å². The van der Waals surface area contributed by atoms with Gasteiger partial charge in [-0.2, -0.15) is 0 Å². The van der Waals surface area contributed by atoms with Crippen molar-refractivity contribution >= 4 is 27.5 Å². The molecule has 1 atom stereocenters. The molecule has 2 aromatic carbocycles. The van der Waals surface area contributed by atoms with Crippen molar-refractivity contribution < 1.29 is 14.7 Å². The number of aliphatic hydroxyl groups excluding tert-OH is 1. The lowest BCUT2D eigenvalue weighted by Gasteiger charge is -2.18. The zero-order valence-electron chi connectivity index (χ0n) is 9.76. The molecule has 94 valence electrons. The molecule has 0 saturated carbocycles. The number of carbonyl (C=O) groups excluding carboxylic acids is 2. The van der Waals surface area contributed by atoms with Gasteiger partial charge in [-0.05, 0) is 17.7 Å². The molecule has 2 aromatic rings. The summed E-state index contributed by atoms with van der Waals surface area (Å²) in [5, 5.41) is 8.64. The number of fused-ring (bicyclic) bond motifs is 2. The Labute approximate surface area is 118 Å². The Morgan fingerprint density at radius 3 is 1.95 bits per heavy atom. The molecule has 19 heavy (non-hydrogen) atoms. The normalized spacial score (nSPS) is 14.8. The molecule has 0 aromatic heterocycles. The summed E-state index contributed by atoms with van der Waals surface area (Å²) in [6, 6.07) is 11.6. The van der Waals surface area contributed by atoms with Gasteiger partial charge in [-0.1, -0.05) is 46.3 Å². The Kier molecular flexibility index (Phi) is 2.84. The van der Waals surface area contributed by atoms with Crippen LogP contribution >= 0.6 is 15.9 Å². The minimum Gasteiger partial charge on any atom is -0.377 e. The van der Waals surface area contributed by atoms with E-state index >= 15 is 0 Å². The van der Waals surface area contributed by atoms with Crippen LogP contribution in [0.1, 0.15) is 42.4 Å². The molecule has 1 aliphatic carbocycles. The van der Waals surface area contributed by atoms with E-state index in [1.54, 1.807) is 42.5 Å². The van der Waals surface area contributed by atoms with Gasteiger partial charge in [0.15, 0.2) is 11.6 Å². The van der Waals surface area contributed by atoms with Gasteiger partial charge in [-0.15, -0.1) is 0 Å². The van der Waals surface area contributed by atoms with E-state index in [4.69, 9.17) is 0 Å². The third-order valence-corrected chi connectivity index (χ3v) is 3.75. The highest BCUT2D eigenvalue weighted by Gasteiger charge is 2.29. The smallest absolute Gasteiger partial charge is 0.194 e. The maximum absolute atomic E-state index is 12.4. The lowest BCUT2D eigenvalue weighted by Crippen LogP contribution is -2.21. The van der Waals surface area contributed by atoms with Crippen LogP contribution in [0.25, 0.3) is 0 Å². The molecule has 1 unspecified atom stereocenters. The van der Waals surface area contributed by atoms with Gasteiger partial charge in [0, 0.05) is 22.3 Å². The molecule has 0 aliphatic heterocycles. The first-order valence-corrected chi connectivity index (χ1v) is 6.65. The van der Waals surface area contributed by atoms with E-state index in [1.165, 1.54) is 0 Å². The highest BCUT2D eigenvalue weighted by atomic mass is 79.9. The van der Waals surface area contributed by atoms with Gasteiger partial charge in [-0.25, -0.2) is 0 Å². The van der Waals surface area contributed by atoms with Crippen LogP contribution < -0.4 is 0 Å². The average Bonchev–Trinajstić information content (AvgIpc) is 2.44. The number of ketones is 2. The second-order valence-electron chi connectivity index (χ2n) is 4.34. The van der Waals surface area contributed by atoms with Gasteiger partial charge in [-0.3, -0.25) is 9.59 Å². The number of aliphatic hydroxyl groups is 1. The first-order chi connectivity index (χ1) is 9.09. The maximum atomic E-state index is 12.4. The fraction of sp³-hybridized carbons (Fsp3) is 0.0667. The van der Waals surface area contributed by atoms with Crippen molar-refractivity contribution in [2.75, 3.05) is 0 Å². The summed E-state index contributed by atoms with van der Waals surface area (Å²) in [4.78, 5) is 24.7. The van der Waals surface area contributed by atoms with Gasteiger partial charge >= 0.3 is 0 Å². The second-order valence-corrected chi connectivity index (χ2v) is 5.21. The summed E-state index contributed by atoms with van der Waals surface area (Å²) in [5.41, 5.74) is 2.15. The van der Waals surface area contributed by atoms with Crippen molar-refractivity contribution in [3.63, 3.8) is 0 Å². The molecule has 3 rings (SSSR count). The first-order valence-electron chi connectivity index (χ1n) is 5.74. The number of alkyl halides is 1. The predicted octanol–water partition coefficient (Wildman–Crippen LogP) is 2.85. The largest absolute Gasteiger partial charge is 0.377 e. The molecule has 0 saturated heterocycles. The zero-order chi connectivity index (χ0) is 13.6. The molecular formula is C15H9BrO3. The SMILES string of the molecule is O=C1c2ccccc2C(=O)c2cc(C(O)Br)ccc21.